The van der Waals surface area contributed by atoms with Crippen LogP contribution in [-0.4, -0.2) is 30.3 Å². The molecule has 0 fully saturated rings. The van der Waals surface area contributed by atoms with Gasteiger partial charge in [-0.2, -0.15) is 10.2 Å². The molecule has 0 aliphatic carbocycles. The molecule has 0 spiro atoms. The number of nitrogens with zero attached hydrogens (tertiary/aromatic N) is 5. The van der Waals surface area contributed by atoms with Gasteiger partial charge in [0, 0.05) is 18.3 Å². The Balaban J connectivity index is 1.70. The Kier molecular flexibility index (Phi) is 5.75. The predicted octanol–water partition coefficient (Wildman–Crippen LogP) is 4.89. The molecule has 0 radical (unpaired) electrons. The van der Waals surface area contributed by atoms with Crippen molar-refractivity contribution in [2.24, 2.45) is 0 Å². The zero-order valence-electron chi connectivity index (χ0n) is 17.2. The number of alkyl halides is 2. The second-order valence-electron chi connectivity index (χ2n) is 7.33. The SMILES string of the molecule is CCCCn1cc(NC(=O)c2cnn3c(C(F)F)cc(-c4ccc(C)cc4)nc23)cn1. The number of carbonyl (C=O) groups is 1. The summed E-state index contributed by atoms with van der Waals surface area (Å²) in [5.74, 6) is -0.487. The zero-order chi connectivity index (χ0) is 22.0. The van der Waals surface area contributed by atoms with Crippen molar-refractivity contribution < 1.29 is 13.6 Å². The van der Waals surface area contributed by atoms with E-state index in [-0.39, 0.29) is 16.9 Å². The van der Waals surface area contributed by atoms with Gasteiger partial charge in [0.2, 0.25) is 0 Å². The Morgan fingerprint density at radius 2 is 1.94 bits per heavy atom. The number of unbranched alkanes of at least 4 members (excludes halogenated alkanes) is 1. The standard InChI is InChI=1S/C22H22F2N6O/c1-3-4-9-29-13-16(11-25-29)27-22(31)17-12-26-30-19(20(23)24)10-18(28-21(17)30)15-7-5-14(2)6-8-15/h5-8,10-13,20H,3-4,9H2,1-2H3,(H,27,31). The summed E-state index contributed by atoms with van der Waals surface area (Å²) < 4.78 is 30.2. The molecule has 0 saturated heterocycles. The van der Waals surface area contributed by atoms with Gasteiger partial charge in [-0.1, -0.05) is 43.2 Å². The van der Waals surface area contributed by atoms with E-state index in [9.17, 15) is 13.6 Å². The Morgan fingerprint density at radius 3 is 2.65 bits per heavy atom. The minimum atomic E-state index is -2.78. The minimum Gasteiger partial charge on any atom is -0.319 e. The number of hydrogen-bond donors (Lipinski definition) is 1. The number of halogens is 2. The van der Waals surface area contributed by atoms with Crippen LogP contribution in [0.2, 0.25) is 0 Å². The van der Waals surface area contributed by atoms with Gasteiger partial charge in [0.05, 0.1) is 23.8 Å². The number of rotatable bonds is 7. The van der Waals surface area contributed by atoms with E-state index < -0.39 is 12.3 Å². The minimum absolute atomic E-state index is 0.0734. The molecular formula is C22H22F2N6O. The number of amides is 1. The number of carbonyl (C=O) groups excluding carboxylic acids is 1. The van der Waals surface area contributed by atoms with Gasteiger partial charge in [0.15, 0.2) is 5.65 Å². The first kappa shape index (κ1) is 20.6. The van der Waals surface area contributed by atoms with E-state index >= 15 is 0 Å². The summed E-state index contributed by atoms with van der Waals surface area (Å²) in [6, 6.07) is 8.68. The van der Waals surface area contributed by atoms with Crippen LogP contribution in [0.5, 0.6) is 0 Å². The molecule has 4 aromatic rings. The van der Waals surface area contributed by atoms with Crippen molar-refractivity contribution in [2.75, 3.05) is 5.32 Å². The van der Waals surface area contributed by atoms with Crippen LogP contribution in [0.1, 0.15) is 47.8 Å². The molecule has 0 atom stereocenters. The predicted molar refractivity (Wildman–Crippen MR) is 113 cm³/mol. The molecule has 0 bridgehead atoms. The fourth-order valence-electron chi connectivity index (χ4n) is 3.24. The van der Waals surface area contributed by atoms with Gasteiger partial charge >= 0.3 is 0 Å². The van der Waals surface area contributed by atoms with E-state index in [4.69, 9.17) is 0 Å². The summed E-state index contributed by atoms with van der Waals surface area (Å²) in [5.41, 5.74) is 2.45. The Labute approximate surface area is 177 Å². The molecule has 0 saturated carbocycles. The van der Waals surface area contributed by atoms with Crippen LogP contribution in [0.4, 0.5) is 14.5 Å². The van der Waals surface area contributed by atoms with Crippen LogP contribution in [0.15, 0.2) is 48.9 Å². The number of anilines is 1. The highest BCUT2D eigenvalue weighted by Crippen LogP contribution is 2.27. The van der Waals surface area contributed by atoms with Crippen LogP contribution in [-0.2, 0) is 6.54 Å². The Hall–Kier alpha value is -3.62. The fraction of sp³-hybridized carbons (Fsp3) is 0.273. The van der Waals surface area contributed by atoms with Crippen LogP contribution in [0.25, 0.3) is 16.9 Å². The lowest BCUT2D eigenvalue weighted by Crippen LogP contribution is -2.12. The molecule has 1 aromatic carbocycles. The summed E-state index contributed by atoms with van der Waals surface area (Å²) in [4.78, 5) is 17.3. The van der Waals surface area contributed by atoms with Crippen LogP contribution in [0.3, 0.4) is 0 Å². The van der Waals surface area contributed by atoms with Crippen LogP contribution < -0.4 is 5.32 Å². The fourth-order valence-corrected chi connectivity index (χ4v) is 3.24. The van der Waals surface area contributed by atoms with Crippen LogP contribution in [0, 0.1) is 6.92 Å². The van der Waals surface area contributed by atoms with E-state index in [0.29, 0.717) is 16.9 Å². The van der Waals surface area contributed by atoms with Crippen molar-refractivity contribution in [3.05, 3.63) is 65.7 Å². The molecule has 1 N–H and O–H groups in total. The first-order chi connectivity index (χ1) is 15.0. The molecule has 7 nitrogen and oxygen atoms in total. The summed E-state index contributed by atoms with van der Waals surface area (Å²) in [6.45, 7) is 4.78. The van der Waals surface area contributed by atoms with E-state index in [0.717, 1.165) is 29.5 Å². The Bertz CT molecular complexity index is 1210. The number of hydrogen-bond acceptors (Lipinski definition) is 4. The van der Waals surface area contributed by atoms with Crippen molar-refractivity contribution >= 4 is 17.2 Å². The number of benzene rings is 1. The molecule has 3 heterocycles. The first-order valence-electron chi connectivity index (χ1n) is 10.0. The number of aryl methyl sites for hydroxylation is 2. The van der Waals surface area contributed by atoms with Crippen LogP contribution >= 0.6 is 0 Å². The average Bonchev–Trinajstić information content (AvgIpc) is 3.38. The third-order valence-electron chi connectivity index (χ3n) is 4.95. The normalized spacial score (nSPS) is 11.4. The third-order valence-corrected chi connectivity index (χ3v) is 4.95. The van der Waals surface area contributed by atoms with Crippen molar-refractivity contribution in [1.29, 1.82) is 0 Å². The average molecular weight is 424 g/mol. The quantitative estimate of drug-likeness (QED) is 0.458. The molecule has 9 heteroatoms. The van der Waals surface area contributed by atoms with E-state index in [1.165, 1.54) is 12.3 Å². The lowest BCUT2D eigenvalue weighted by atomic mass is 10.1. The topological polar surface area (TPSA) is 77.1 Å². The van der Waals surface area contributed by atoms with Gasteiger partial charge in [0.1, 0.15) is 11.3 Å². The monoisotopic (exact) mass is 424 g/mol. The summed E-state index contributed by atoms with van der Waals surface area (Å²) in [7, 11) is 0. The summed E-state index contributed by atoms with van der Waals surface area (Å²) in [5, 5.41) is 11.0. The molecule has 3 aromatic heterocycles. The second-order valence-corrected chi connectivity index (χ2v) is 7.33. The van der Waals surface area contributed by atoms with Crippen molar-refractivity contribution in [3.8, 4) is 11.3 Å². The number of nitrogens with one attached hydrogen (secondary N) is 1. The molecule has 0 unspecified atom stereocenters. The van der Waals surface area contributed by atoms with Crippen molar-refractivity contribution in [1.82, 2.24) is 24.4 Å². The lowest BCUT2D eigenvalue weighted by Gasteiger charge is -2.09. The molecule has 0 aliphatic rings. The maximum Gasteiger partial charge on any atom is 0.280 e. The largest absolute Gasteiger partial charge is 0.319 e. The van der Waals surface area contributed by atoms with E-state index in [1.54, 1.807) is 17.1 Å². The van der Waals surface area contributed by atoms with Gasteiger partial charge in [-0.15, -0.1) is 0 Å². The summed E-state index contributed by atoms with van der Waals surface area (Å²) >= 11 is 0. The number of fused-ring (bicyclic) bond motifs is 1. The molecule has 4 rings (SSSR count). The highest BCUT2D eigenvalue weighted by atomic mass is 19.3. The molecule has 31 heavy (non-hydrogen) atoms. The van der Waals surface area contributed by atoms with Gasteiger partial charge in [0.25, 0.3) is 12.3 Å². The van der Waals surface area contributed by atoms with Gasteiger partial charge < -0.3 is 5.32 Å². The van der Waals surface area contributed by atoms with Gasteiger partial charge in [-0.3, -0.25) is 9.48 Å². The maximum absolute atomic E-state index is 13.7. The van der Waals surface area contributed by atoms with Gasteiger partial charge in [-0.25, -0.2) is 18.3 Å². The van der Waals surface area contributed by atoms with Crippen molar-refractivity contribution in [3.63, 3.8) is 0 Å². The molecule has 160 valence electrons. The second kappa shape index (κ2) is 8.63. The van der Waals surface area contributed by atoms with Crippen molar-refractivity contribution in [2.45, 2.75) is 39.7 Å². The number of aromatic nitrogens is 5. The molecular weight excluding hydrogens is 402 g/mol. The first-order valence-corrected chi connectivity index (χ1v) is 10.0. The third kappa shape index (κ3) is 4.30. The van der Waals surface area contributed by atoms with Gasteiger partial charge in [-0.05, 0) is 19.4 Å². The highest BCUT2D eigenvalue weighted by molar-refractivity contribution is 6.08. The molecule has 1 amide bonds. The smallest absolute Gasteiger partial charge is 0.280 e. The highest BCUT2D eigenvalue weighted by Gasteiger charge is 2.22. The Morgan fingerprint density at radius 1 is 1.16 bits per heavy atom. The van der Waals surface area contributed by atoms with E-state index in [2.05, 4.69) is 27.4 Å². The maximum atomic E-state index is 13.7. The lowest BCUT2D eigenvalue weighted by molar-refractivity contribution is 0.102. The summed E-state index contributed by atoms with van der Waals surface area (Å²) in [6.07, 6.45) is 3.77. The zero-order valence-corrected chi connectivity index (χ0v) is 17.2. The molecule has 0 aliphatic heterocycles. The van der Waals surface area contributed by atoms with E-state index in [1.807, 2.05) is 31.2 Å².